The van der Waals surface area contributed by atoms with Gasteiger partial charge in [0.05, 0.1) is 6.04 Å². The maximum Gasteiger partial charge on any atom is 0.224 e. The highest BCUT2D eigenvalue weighted by Gasteiger charge is 2.39. The monoisotopic (exact) mass is 323 g/mol. The van der Waals surface area contributed by atoms with E-state index in [1.165, 1.54) is 0 Å². The van der Waals surface area contributed by atoms with Crippen molar-refractivity contribution in [3.8, 4) is 0 Å². The molecule has 1 aromatic carbocycles. The first-order valence-electron chi connectivity index (χ1n) is 6.96. The van der Waals surface area contributed by atoms with Crippen molar-refractivity contribution >= 4 is 21.8 Å². The number of alkyl halides is 1. The SMILES string of the molecule is CC1(C)CCCC1C(=O)NC(CBr)c1ccccc1. The van der Waals surface area contributed by atoms with E-state index in [4.69, 9.17) is 0 Å². The van der Waals surface area contributed by atoms with Crippen LogP contribution in [0.25, 0.3) is 0 Å². The molecule has 2 atom stereocenters. The molecule has 1 aliphatic rings. The van der Waals surface area contributed by atoms with Crippen molar-refractivity contribution in [1.82, 2.24) is 5.32 Å². The van der Waals surface area contributed by atoms with Crippen LogP contribution < -0.4 is 5.32 Å². The first kappa shape index (κ1) is 14.6. The summed E-state index contributed by atoms with van der Waals surface area (Å²) in [5.41, 5.74) is 1.29. The predicted molar refractivity (Wildman–Crippen MR) is 82.2 cm³/mol. The van der Waals surface area contributed by atoms with Gasteiger partial charge < -0.3 is 5.32 Å². The summed E-state index contributed by atoms with van der Waals surface area (Å²) in [5, 5.41) is 3.94. The lowest BCUT2D eigenvalue weighted by atomic mass is 9.81. The van der Waals surface area contributed by atoms with Crippen LogP contribution in [0.1, 0.15) is 44.7 Å². The van der Waals surface area contributed by atoms with Crippen LogP contribution in [0.4, 0.5) is 0 Å². The molecule has 1 N–H and O–H groups in total. The fourth-order valence-electron chi connectivity index (χ4n) is 2.98. The molecule has 2 unspecified atom stereocenters. The fourth-order valence-corrected chi connectivity index (χ4v) is 3.52. The second-order valence-corrected chi connectivity index (χ2v) is 6.71. The molecule has 0 radical (unpaired) electrons. The van der Waals surface area contributed by atoms with Gasteiger partial charge in [0.1, 0.15) is 0 Å². The van der Waals surface area contributed by atoms with Gasteiger partial charge in [0, 0.05) is 11.2 Å². The molecule has 1 amide bonds. The van der Waals surface area contributed by atoms with Gasteiger partial charge in [-0.05, 0) is 23.8 Å². The smallest absolute Gasteiger partial charge is 0.224 e. The van der Waals surface area contributed by atoms with Crippen LogP contribution >= 0.6 is 15.9 Å². The molecule has 1 fully saturated rings. The molecule has 0 bridgehead atoms. The van der Waals surface area contributed by atoms with E-state index in [-0.39, 0.29) is 23.3 Å². The van der Waals surface area contributed by atoms with E-state index >= 15 is 0 Å². The van der Waals surface area contributed by atoms with Crippen molar-refractivity contribution < 1.29 is 4.79 Å². The first-order chi connectivity index (χ1) is 9.04. The molecular formula is C16H22BrNO. The van der Waals surface area contributed by atoms with Crippen LogP contribution in [0.2, 0.25) is 0 Å². The van der Waals surface area contributed by atoms with E-state index in [9.17, 15) is 4.79 Å². The van der Waals surface area contributed by atoms with Crippen LogP contribution in [0.5, 0.6) is 0 Å². The van der Waals surface area contributed by atoms with Gasteiger partial charge in [0.25, 0.3) is 0 Å². The summed E-state index contributed by atoms with van der Waals surface area (Å²) in [6.45, 7) is 4.41. The Bertz CT molecular complexity index is 430. The largest absolute Gasteiger partial charge is 0.348 e. The normalized spacial score (nSPS) is 23.0. The Labute approximate surface area is 124 Å². The van der Waals surface area contributed by atoms with Gasteiger partial charge in [-0.2, -0.15) is 0 Å². The highest BCUT2D eigenvalue weighted by atomic mass is 79.9. The lowest BCUT2D eigenvalue weighted by Gasteiger charge is -2.28. The van der Waals surface area contributed by atoms with Crippen LogP contribution in [0.3, 0.4) is 0 Å². The Morgan fingerprint density at radius 1 is 1.42 bits per heavy atom. The topological polar surface area (TPSA) is 29.1 Å². The number of rotatable bonds is 4. The van der Waals surface area contributed by atoms with Crippen LogP contribution in [0, 0.1) is 11.3 Å². The van der Waals surface area contributed by atoms with Gasteiger partial charge in [-0.3, -0.25) is 4.79 Å². The fraction of sp³-hybridized carbons (Fsp3) is 0.562. The van der Waals surface area contributed by atoms with Gasteiger partial charge in [-0.15, -0.1) is 0 Å². The Morgan fingerprint density at radius 2 is 2.11 bits per heavy atom. The minimum atomic E-state index is 0.0603. The summed E-state index contributed by atoms with van der Waals surface area (Å²) < 4.78 is 0. The maximum absolute atomic E-state index is 12.5. The summed E-state index contributed by atoms with van der Waals surface area (Å²) in [6, 6.07) is 10.2. The third kappa shape index (κ3) is 3.38. The summed E-state index contributed by atoms with van der Waals surface area (Å²) in [7, 11) is 0. The van der Waals surface area contributed by atoms with Gasteiger partial charge in [0.2, 0.25) is 5.91 Å². The van der Waals surface area contributed by atoms with E-state index in [0.717, 1.165) is 30.2 Å². The van der Waals surface area contributed by atoms with E-state index in [2.05, 4.69) is 47.2 Å². The second-order valence-electron chi connectivity index (χ2n) is 6.06. The highest BCUT2D eigenvalue weighted by Crippen LogP contribution is 2.42. The Morgan fingerprint density at radius 3 is 2.63 bits per heavy atom. The van der Waals surface area contributed by atoms with Crippen LogP contribution in [-0.4, -0.2) is 11.2 Å². The lowest BCUT2D eigenvalue weighted by Crippen LogP contribution is -2.38. The second kappa shape index (κ2) is 6.08. The molecule has 3 heteroatoms. The molecule has 1 aromatic rings. The molecule has 0 spiro atoms. The predicted octanol–water partition coefficient (Wildman–Crippen LogP) is 4.07. The Hall–Kier alpha value is -0.830. The summed E-state index contributed by atoms with van der Waals surface area (Å²) >= 11 is 3.50. The van der Waals surface area contributed by atoms with Gasteiger partial charge >= 0.3 is 0 Å². The van der Waals surface area contributed by atoms with E-state index in [1.807, 2.05) is 18.2 Å². The lowest BCUT2D eigenvalue weighted by molar-refractivity contribution is -0.128. The third-order valence-corrected chi connectivity index (χ3v) is 4.89. The molecule has 0 heterocycles. The van der Waals surface area contributed by atoms with E-state index < -0.39 is 0 Å². The zero-order valence-electron chi connectivity index (χ0n) is 11.7. The molecule has 1 aliphatic carbocycles. The number of carbonyl (C=O) groups excluding carboxylic acids is 1. The quantitative estimate of drug-likeness (QED) is 0.831. The van der Waals surface area contributed by atoms with Crippen molar-refractivity contribution in [3.63, 3.8) is 0 Å². The number of hydrogen-bond donors (Lipinski definition) is 1. The molecule has 0 aliphatic heterocycles. The molecule has 19 heavy (non-hydrogen) atoms. The molecule has 104 valence electrons. The van der Waals surface area contributed by atoms with E-state index in [1.54, 1.807) is 0 Å². The molecule has 0 aromatic heterocycles. The number of carbonyl (C=O) groups is 1. The zero-order chi connectivity index (χ0) is 13.9. The van der Waals surface area contributed by atoms with Gasteiger partial charge in [-0.25, -0.2) is 0 Å². The molecule has 0 saturated heterocycles. The van der Waals surface area contributed by atoms with Crippen molar-refractivity contribution in [2.45, 2.75) is 39.2 Å². The third-order valence-electron chi connectivity index (χ3n) is 4.25. The van der Waals surface area contributed by atoms with Crippen LogP contribution in [-0.2, 0) is 4.79 Å². The zero-order valence-corrected chi connectivity index (χ0v) is 13.2. The van der Waals surface area contributed by atoms with Crippen LogP contribution in [0.15, 0.2) is 30.3 Å². The number of halogens is 1. The summed E-state index contributed by atoms with van der Waals surface area (Å²) in [6.07, 6.45) is 3.33. The standard InChI is InChI=1S/C16H22BrNO/c1-16(2)10-6-9-13(16)15(19)18-14(11-17)12-7-4-3-5-8-12/h3-5,7-8,13-14H,6,9-11H2,1-2H3,(H,18,19). The minimum absolute atomic E-state index is 0.0603. The highest BCUT2D eigenvalue weighted by molar-refractivity contribution is 9.09. The average Bonchev–Trinajstić information content (AvgIpc) is 2.76. The van der Waals surface area contributed by atoms with Gasteiger partial charge in [0.15, 0.2) is 0 Å². The molecule has 2 nitrogen and oxygen atoms in total. The molecule has 1 saturated carbocycles. The maximum atomic E-state index is 12.5. The van der Waals surface area contributed by atoms with Crippen molar-refractivity contribution in [2.75, 3.05) is 5.33 Å². The average molecular weight is 324 g/mol. The number of amides is 1. The minimum Gasteiger partial charge on any atom is -0.348 e. The van der Waals surface area contributed by atoms with E-state index in [0.29, 0.717) is 0 Å². The Kier molecular flexibility index (Phi) is 4.67. The molecular weight excluding hydrogens is 302 g/mol. The van der Waals surface area contributed by atoms with Crippen molar-refractivity contribution in [1.29, 1.82) is 0 Å². The summed E-state index contributed by atoms with van der Waals surface area (Å²) in [4.78, 5) is 12.5. The number of hydrogen-bond acceptors (Lipinski definition) is 1. The number of benzene rings is 1. The number of nitrogens with one attached hydrogen (secondary N) is 1. The molecule has 2 rings (SSSR count). The van der Waals surface area contributed by atoms with Crippen molar-refractivity contribution in [3.05, 3.63) is 35.9 Å². The first-order valence-corrected chi connectivity index (χ1v) is 8.08. The van der Waals surface area contributed by atoms with Crippen molar-refractivity contribution in [2.24, 2.45) is 11.3 Å². The summed E-state index contributed by atoms with van der Waals surface area (Å²) in [5.74, 6) is 0.355. The Balaban J connectivity index is 2.05. The van der Waals surface area contributed by atoms with Gasteiger partial charge in [-0.1, -0.05) is 66.5 Å².